The minimum Gasteiger partial charge on any atom is -0.466 e. The van der Waals surface area contributed by atoms with Gasteiger partial charge in [-0.15, -0.1) is 0 Å². The maximum atomic E-state index is 13.1. The second-order valence-electron chi connectivity index (χ2n) is 7.28. The number of methoxy groups -OCH3 is 2. The molecule has 1 aliphatic rings. The number of nitro benzene ring substituents is 1. The van der Waals surface area contributed by atoms with Crippen molar-refractivity contribution < 1.29 is 28.8 Å². The number of carbonyl (C=O) groups excluding carboxylic acids is 3. The average Bonchev–Trinajstić information content (AvgIpc) is 2.87. The van der Waals surface area contributed by atoms with Crippen molar-refractivity contribution in [1.29, 1.82) is 5.26 Å². The number of allylic oxidation sites excluding steroid dienone is 1. The van der Waals surface area contributed by atoms with Crippen LogP contribution in [-0.4, -0.2) is 37.0 Å². The number of benzene rings is 2. The number of nitro groups is 1. The van der Waals surface area contributed by atoms with Crippen molar-refractivity contribution in [3.63, 3.8) is 0 Å². The van der Waals surface area contributed by atoms with Gasteiger partial charge in [-0.25, -0.2) is 9.59 Å². The van der Waals surface area contributed by atoms with E-state index in [4.69, 9.17) is 20.9 Å². The molecule has 0 radical (unpaired) electrons. The molecule has 0 fully saturated rings. The lowest BCUT2D eigenvalue weighted by molar-refractivity contribution is -0.384. The molecule has 0 bridgehead atoms. The lowest BCUT2D eigenvalue weighted by Crippen LogP contribution is -2.41. The van der Waals surface area contributed by atoms with Crippen molar-refractivity contribution in [2.24, 2.45) is 11.5 Å². The highest BCUT2D eigenvalue weighted by atomic mass is 79.9. The van der Waals surface area contributed by atoms with E-state index >= 15 is 0 Å². The van der Waals surface area contributed by atoms with Crippen LogP contribution in [0.3, 0.4) is 0 Å². The Balaban J connectivity index is 2.53. The van der Waals surface area contributed by atoms with Crippen molar-refractivity contribution in [2.75, 3.05) is 19.1 Å². The fraction of sp³-hybridized carbons (Fsp3) is 0.130. The predicted molar refractivity (Wildman–Crippen MR) is 129 cm³/mol. The number of nitrogens with two attached hydrogens (primary N) is 2. The third-order valence-electron chi connectivity index (χ3n) is 5.36. The standard InChI is InChI=1S/C23H18BrN5O7/c1-35-22(31)17-16(11-6-4-3-5-7-11)13(10-25)20(26)28(19(17)23(32)36-2)18-14(24)8-12(21(27)30)9-15(18)29(33)34/h3-9,16H,26H2,1-2H3,(H2,27,30). The topological polar surface area (TPSA) is 192 Å². The van der Waals surface area contributed by atoms with Gasteiger partial charge in [0.1, 0.15) is 17.2 Å². The highest BCUT2D eigenvalue weighted by molar-refractivity contribution is 9.10. The second-order valence-corrected chi connectivity index (χ2v) is 8.14. The minimum absolute atomic E-state index is 0.0745. The molecule has 13 heteroatoms. The Labute approximate surface area is 212 Å². The fourth-order valence-electron chi connectivity index (χ4n) is 3.83. The summed E-state index contributed by atoms with van der Waals surface area (Å²) in [4.78, 5) is 50.0. The van der Waals surface area contributed by atoms with Gasteiger partial charge in [-0.05, 0) is 27.6 Å². The number of halogens is 1. The van der Waals surface area contributed by atoms with Gasteiger partial charge < -0.3 is 20.9 Å². The molecule has 36 heavy (non-hydrogen) atoms. The molecule has 1 amide bonds. The van der Waals surface area contributed by atoms with E-state index in [9.17, 15) is 29.8 Å². The Kier molecular flexibility index (Phi) is 7.40. The summed E-state index contributed by atoms with van der Waals surface area (Å²) in [5.41, 5.74) is 9.82. The summed E-state index contributed by atoms with van der Waals surface area (Å²) >= 11 is 3.17. The van der Waals surface area contributed by atoms with Crippen LogP contribution >= 0.6 is 15.9 Å². The quantitative estimate of drug-likeness (QED) is 0.303. The Morgan fingerprint density at radius 3 is 2.25 bits per heavy atom. The Morgan fingerprint density at radius 1 is 1.14 bits per heavy atom. The van der Waals surface area contributed by atoms with Crippen molar-refractivity contribution in [1.82, 2.24) is 0 Å². The molecule has 2 aromatic carbocycles. The van der Waals surface area contributed by atoms with E-state index < -0.39 is 40.1 Å². The zero-order chi connectivity index (χ0) is 26.7. The molecule has 1 atom stereocenters. The number of nitriles is 1. The SMILES string of the molecule is COC(=O)C1=C(C(=O)OC)N(c2c(Br)cc(C(N)=O)cc2[N+](=O)[O-])C(N)=C(C#N)C1c1ccccc1. The van der Waals surface area contributed by atoms with E-state index in [-0.39, 0.29) is 32.7 Å². The molecule has 1 aliphatic heterocycles. The number of esters is 2. The molecule has 1 heterocycles. The average molecular weight is 556 g/mol. The number of primary amides is 1. The highest BCUT2D eigenvalue weighted by Crippen LogP contribution is 2.47. The van der Waals surface area contributed by atoms with Gasteiger partial charge in [-0.3, -0.25) is 19.8 Å². The molecule has 0 saturated heterocycles. The number of rotatable bonds is 6. The molecule has 0 aliphatic carbocycles. The van der Waals surface area contributed by atoms with E-state index in [1.54, 1.807) is 30.3 Å². The maximum Gasteiger partial charge on any atom is 0.355 e. The number of amides is 1. The monoisotopic (exact) mass is 555 g/mol. The summed E-state index contributed by atoms with van der Waals surface area (Å²) in [6.07, 6.45) is 0. The number of ether oxygens (including phenoxy) is 2. The van der Waals surface area contributed by atoms with Gasteiger partial charge in [0.2, 0.25) is 5.91 Å². The van der Waals surface area contributed by atoms with Crippen LogP contribution in [0.25, 0.3) is 0 Å². The summed E-state index contributed by atoms with van der Waals surface area (Å²) < 4.78 is 9.76. The molecule has 12 nitrogen and oxygen atoms in total. The first-order valence-electron chi connectivity index (χ1n) is 10.0. The van der Waals surface area contributed by atoms with Gasteiger partial charge in [0.05, 0.1) is 42.3 Å². The van der Waals surface area contributed by atoms with Crippen molar-refractivity contribution in [3.05, 3.63) is 90.8 Å². The second kappa shape index (κ2) is 10.3. The van der Waals surface area contributed by atoms with Gasteiger partial charge in [0.15, 0.2) is 0 Å². The molecule has 2 aromatic rings. The molecular weight excluding hydrogens is 538 g/mol. The van der Waals surface area contributed by atoms with Crippen LogP contribution < -0.4 is 16.4 Å². The summed E-state index contributed by atoms with van der Waals surface area (Å²) in [6, 6.07) is 12.3. The van der Waals surface area contributed by atoms with Crippen LogP contribution in [0, 0.1) is 21.4 Å². The Bertz CT molecular complexity index is 1400. The number of hydrogen-bond acceptors (Lipinski definition) is 10. The van der Waals surface area contributed by atoms with E-state index in [2.05, 4.69) is 15.9 Å². The maximum absolute atomic E-state index is 13.1. The number of anilines is 1. The molecule has 1 unspecified atom stereocenters. The largest absolute Gasteiger partial charge is 0.466 e. The van der Waals surface area contributed by atoms with Gasteiger partial charge in [-0.1, -0.05) is 30.3 Å². The van der Waals surface area contributed by atoms with Crippen LogP contribution in [0.15, 0.2) is 69.6 Å². The molecule has 0 aromatic heterocycles. The summed E-state index contributed by atoms with van der Waals surface area (Å²) in [5, 5.41) is 22.1. The van der Waals surface area contributed by atoms with Crippen LogP contribution in [-0.2, 0) is 19.1 Å². The third-order valence-corrected chi connectivity index (χ3v) is 5.96. The van der Waals surface area contributed by atoms with Crippen LogP contribution in [0.4, 0.5) is 11.4 Å². The van der Waals surface area contributed by atoms with Crippen molar-refractivity contribution >= 4 is 45.2 Å². The number of nitrogens with zero attached hydrogens (tertiary/aromatic N) is 3. The van der Waals surface area contributed by atoms with Crippen molar-refractivity contribution in [3.8, 4) is 6.07 Å². The number of carbonyl (C=O) groups is 3. The summed E-state index contributed by atoms with van der Waals surface area (Å²) in [5.74, 6) is -4.57. The first-order valence-corrected chi connectivity index (χ1v) is 10.8. The Morgan fingerprint density at radius 2 is 1.75 bits per heavy atom. The van der Waals surface area contributed by atoms with Gasteiger partial charge >= 0.3 is 11.9 Å². The normalized spacial score (nSPS) is 15.3. The van der Waals surface area contributed by atoms with Gasteiger partial charge in [-0.2, -0.15) is 5.26 Å². The van der Waals surface area contributed by atoms with Gasteiger partial charge in [0, 0.05) is 16.1 Å². The molecule has 4 N–H and O–H groups in total. The number of hydrogen-bond donors (Lipinski definition) is 2. The lowest BCUT2D eigenvalue weighted by Gasteiger charge is -2.36. The first-order chi connectivity index (χ1) is 17.1. The minimum atomic E-state index is -1.16. The molecule has 184 valence electrons. The van der Waals surface area contributed by atoms with Crippen LogP contribution in [0.5, 0.6) is 0 Å². The Hall–Kier alpha value is -4.70. The summed E-state index contributed by atoms with van der Waals surface area (Å²) in [7, 11) is 2.11. The first kappa shape index (κ1) is 25.9. The van der Waals surface area contributed by atoms with E-state index in [0.29, 0.717) is 5.56 Å². The van der Waals surface area contributed by atoms with Crippen LogP contribution in [0.1, 0.15) is 21.8 Å². The molecule has 0 saturated carbocycles. The molecule has 0 spiro atoms. The predicted octanol–water partition coefficient (Wildman–Crippen LogP) is 2.35. The summed E-state index contributed by atoms with van der Waals surface area (Å²) in [6.45, 7) is 0. The third kappa shape index (κ3) is 4.37. The van der Waals surface area contributed by atoms with Crippen molar-refractivity contribution in [2.45, 2.75) is 5.92 Å². The smallest absolute Gasteiger partial charge is 0.355 e. The molecular formula is C23H18BrN5O7. The van der Waals surface area contributed by atoms with E-state index in [1.807, 2.05) is 6.07 Å². The fourth-order valence-corrected chi connectivity index (χ4v) is 4.46. The van der Waals surface area contributed by atoms with Crippen LogP contribution in [0.2, 0.25) is 0 Å². The zero-order valence-electron chi connectivity index (χ0n) is 18.9. The van der Waals surface area contributed by atoms with Gasteiger partial charge in [0.25, 0.3) is 5.69 Å². The zero-order valence-corrected chi connectivity index (χ0v) is 20.4. The highest BCUT2D eigenvalue weighted by Gasteiger charge is 2.45. The van der Waals surface area contributed by atoms with E-state index in [1.165, 1.54) is 6.07 Å². The molecule has 3 rings (SSSR count). The van der Waals surface area contributed by atoms with E-state index in [0.717, 1.165) is 25.2 Å². The lowest BCUT2D eigenvalue weighted by atomic mass is 9.81.